The Labute approximate surface area is 192 Å². The molecular weight excluding hydrogens is 451 g/mol. The summed E-state index contributed by atoms with van der Waals surface area (Å²) in [6.45, 7) is 11.4. The van der Waals surface area contributed by atoms with Crippen molar-refractivity contribution in [2.75, 3.05) is 0 Å². The van der Waals surface area contributed by atoms with Crippen LogP contribution in [0, 0.1) is 12.8 Å². The van der Waals surface area contributed by atoms with Crippen LogP contribution in [0.1, 0.15) is 33.3 Å². The molecule has 0 radical (unpaired) electrons. The van der Waals surface area contributed by atoms with Gasteiger partial charge >= 0.3 is 169 Å². The van der Waals surface area contributed by atoms with Gasteiger partial charge in [-0.15, -0.1) is 24.8 Å². The third-order valence-electron chi connectivity index (χ3n) is 6.19. The molecule has 0 spiro atoms. The Hall–Kier alpha value is -0.769. The molecule has 0 heterocycles. The summed E-state index contributed by atoms with van der Waals surface area (Å²) in [5.74, 6) is 1.56. The monoisotopic (exact) mass is 485 g/mol. The van der Waals surface area contributed by atoms with Gasteiger partial charge in [-0.3, -0.25) is 0 Å². The van der Waals surface area contributed by atoms with E-state index in [2.05, 4.69) is 93.6 Å². The quantitative estimate of drug-likeness (QED) is 0.418. The van der Waals surface area contributed by atoms with E-state index in [4.69, 9.17) is 3.32 Å². The van der Waals surface area contributed by atoms with Gasteiger partial charge < -0.3 is 0 Å². The van der Waals surface area contributed by atoms with Crippen molar-refractivity contribution in [2.24, 2.45) is 5.92 Å². The SMILES string of the molecule is CC1=C(C)C(C)[C]([Ti]([CH3])([CH3])([SiH3])[O]c2cc(C)cc(-c3ccccc3)c2)=C1C.Cl.Cl. The Morgan fingerprint density at radius 2 is 1.41 bits per heavy atom. The van der Waals surface area contributed by atoms with E-state index in [1.54, 1.807) is 3.88 Å². The van der Waals surface area contributed by atoms with E-state index in [-0.39, 0.29) is 24.8 Å². The first-order chi connectivity index (χ1) is 12.5. The number of benzene rings is 2. The average molecular weight is 486 g/mol. The summed E-state index contributed by atoms with van der Waals surface area (Å²) in [7, 11) is 1.09. The van der Waals surface area contributed by atoms with Crippen LogP contribution in [-0.2, 0) is 14.9 Å². The summed E-state index contributed by atoms with van der Waals surface area (Å²) < 4.78 is 8.66. The number of allylic oxidation sites excluding steroid dienone is 4. The van der Waals surface area contributed by atoms with E-state index in [0.29, 0.717) is 5.92 Å². The second kappa shape index (κ2) is 9.16. The molecule has 2 aromatic carbocycles. The van der Waals surface area contributed by atoms with Gasteiger partial charge in [0, 0.05) is 0 Å². The number of halogens is 2. The van der Waals surface area contributed by atoms with Gasteiger partial charge in [-0.25, -0.2) is 0 Å². The number of hydrogen-bond donors (Lipinski definition) is 0. The van der Waals surface area contributed by atoms with Crippen LogP contribution in [0.4, 0.5) is 0 Å². The van der Waals surface area contributed by atoms with E-state index < -0.39 is 14.9 Å². The molecule has 29 heavy (non-hydrogen) atoms. The van der Waals surface area contributed by atoms with E-state index >= 15 is 0 Å². The second-order valence-corrected chi connectivity index (χ2v) is 31.9. The maximum Gasteiger partial charge on any atom is -0.147 e. The van der Waals surface area contributed by atoms with Gasteiger partial charge in [0.25, 0.3) is 0 Å². The molecule has 0 amide bonds. The first-order valence-corrected chi connectivity index (χ1v) is 20.2. The van der Waals surface area contributed by atoms with Crippen LogP contribution in [0.5, 0.6) is 5.75 Å². The predicted molar refractivity (Wildman–Crippen MR) is 134 cm³/mol. The topological polar surface area (TPSA) is 9.23 Å². The van der Waals surface area contributed by atoms with Crippen LogP contribution in [0.15, 0.2) is 69.1 Å². The molecular formula is C24H35Cl2OSiTi. The van der Waals surface area contributed by atoms with Gasteiger partial charge in [-0.05, 0) is 0 Å². The fraction of sp³-hybridized carbons (Fsp3) is 0.333. The smallest absolute Gasteiger partial charge is 0.147 e. The maximum absolute atomic E-state index is 7.02. The number of rotatable bonds is 4. The molecule has 0 saturated carbocycles. The van der Waals surface area contributed by atoms with E-state index in [1.165, 1.54) is 33.4 Å². The normalized spacial score (nSPS) is 18.0. The van der Waals surface area contributed by atoms with E-state index in [9.17, 15) is 0 Å². The molecule has 0 fully saturated rings. The molecule has 1 nitrogen and oxygen atoms in total. The summed E-state index contributed by atoms with van der Waals surface area (Å²) in [5, 5.41) is 4.93. The summed E-state index contributed by atoms with van der Waals surface area (Å²) in [4.78, 5) is 0. The molecule has 1 atom stereocenters. The summed E-state index contributed by atoms with van der Waals surface area (Å²) >= 11 is -3.18. The molecule has 159 valence electrons. The Balaban J connectivity index is 0.00000210. The van der Waals surface area contributed by atoms with Gasteiger partial charge in [-0.2, -0.15) is 0 Å². The minimum Gasteiger partial charge on any atom is -0.147 e. The van der Waals surface area contributed by atoms with Crippen LogP contribution >= 0.6 is 24.8 Å². The standard InChI is InChI=1S/C13H12O.C9H13.2CH3.2ClH.H3Si.Ti/c1-10-7-12(9-13(14)8-10)11-5-3-2-4-6-11;1-6-5-7(2)9(4)8(6)3;;;;;;/h2-9,14H,1H3;6H,1-4H3;2*1H3;2*1H;1H3;/q;;;;;;;+1/p-1. The third kappa shape index (κ3) is 5.29. The third-order valence-corrected chi connectivity index (χ3v) is 14.9. The Kier molecular flexibility index (Phi) is 8.30. The Bertz CT molecular complexity index is 956. The van der Waals surface area contributed by atoms with Crippen LogP contribution < -0.4 is 3.32 Å². The molecule has 0 aromatic heterocycles. The number of aryl methyl sites for hydroxylation is 1. The Morgan fingerprint density at radius 3 is 1.93 bits per heavy atom. The van der Waals surface area contributed by atoms with Crippen molar-refractivity contribution in [1.82, 2.24) is 0 Å². The molecule has 2 aromatic rings. The molecule has 0 N–H and O–H groups in total. The molecule has 1 unspecified atom stereocenters. The molecule has 3 rings (SSSR count). The predicted octanol–water partition coefficient (Wildman–Crippen LogP) is 7.13. The van der Waals surface area contributed by atoms with Crippen molar-refractivity contribution >= 4 is 32.9 Å². The van der Waals surface area contributed by atoms with Gasteiger partial charge in [0.15, 0.2) is 0 Å². The van der Waals surface area contributed by atoms with Crippen molar-refractivity contribution in [3.05, 3.63) is 74.7 Å². The van der Waals surface area contributed by atoms with Crippen LogP contribution in [0.25, 0.3) is 11.1 Å². The second-order valence-electron chi connectivity index (χ2n) is 9.54. The summed E-state index contributed by atoms with van der Waals surface area (Å²) in [5.41, 5.74) is 8.24. The fourth-order valence-electron chi connectivity index (χ4n) is 4.81. The maximum atomic E-state index is 7.02. The zero-order valence-electron chi connectivity index (χ0n) is 18.9. The largest absolute Gasteiger partial charge is 0.147 e. The summed E-state index contributed by atoms with van der Waals surface area (Å²) in [6.07, 6.45) is 0. The van der Waals surface area contributed by atoms with Gasteiger partial charge in [0.1, 0.15) is 0 Å². The molecule has 0 bridgehead atoms. The molecule has 1 aliphatic rings. The van der Waals surface area contributed by atoms with Gasteiger partial charge in [-0.1, -0.05) is 0 Å². The average Bonchev–Trinajstić information content (AvgIpc) is 2.78. The van der Waals surface area contributed by atoms with Gasteiger partial charge in [0.2, 0.25) is 0 Å². The van der Waals surface area contributed by atoms with E-state index in [0.717, 1.165) is 13.9 Å². The molecule has 0 aliphatic heterocycles. The van der Waals surface area contributed by atoms with Crippen molar-refractivity contribution in [3.8, 4) is 16.9 Å². The van der Waals surface area contributed by atoms with Gasteiger partial charge in [0.05, 0.1) is 0 Å². The minimum atomic E-state index is -3.18. The van der Waals surface area contributed by atoms with Crippen LogP contribution in [0.2, 0.25) is 10.5 Å². The number of hydrogen-bond acceptors (Lipinski definition) is 1. The fourth-order valence-corrected chi connectivity index (χ4v) is 15.7. The first-order valence-electron chi connectivity index (χ1n) is 9.96. The van der Waals surface area contributed by atoms with Crippen molar-refractivity contribution in [2.45, 2.75) is 45.1 Å². The molecule has 0 saturated heterocycles. The van der Waals surface area contributed by atoms with Crippen molar-refractivity contribution < 1.29 is 18.3 Å². The van der Waals surface area contributed by atoms with Crippen LogP contribution in [0.3, 0.4) is 0 Å². The minimum absolute atomic E-state index is 0. The molecule has 5 heteroatoms. The summed E-state index contributed by atoms with van der Waals surface area (Å²) in [6, 6.07) is 17.3. The Morgan fingerprint density at radius 1 is 0.828 bits per heavy atom. The zero-order valence-corrected chi connectivity index (χ0v) is 24.1. The molecule has 1 aliphatic carbocycles. The first kappa shape index (κ1) is 26.3. The van der Waals surface area contributed by atoms with Crippen LogP contribution in [-0.4, -0.2) is 8.11 Å². The van der Waals surface area contributed by atoms with Crippen molar-refractivity contribution in [1.29, 1.82) is 0 Å². The zero-order chi connectivity index (χ0) is 20.0. The van der Waals surface area contributed by atoms with E-state index in [1.807, 2.05) is 0 Å². The van der Waals surface area contributed by atoms with Crippen molar-refractivity contribution in [3.63, 3.8) is 0 Å².